The van der Waals surface area contributed by atoms with Crippen molar-refractivity contribution >= 4 is 0 Å². The number of hydrogen-bond donors (Lipinski definition) is 1. The van der Waals surface area contributed by atoms with Crippen molar-refractivity contribution in [2.24, 2.45) is 0 Å². The van der Waals surface area contributed by atoms with Crippen molar-refractivity contribution in [1.82, 2.24) is 10.3 Å². The molecule has 14 heavy (non-hydrogen) atoms. The van der Waals surface area contributed by atoms with Crippen molar-refractivity contribution in [1.29, 1.82) is 0 Å². The lowest BCUT2D eigenvalue weighted by Crippen LogP contribution is -2.41. The lowest BCUT2D eigenvalue weighted by atomic mass is 10.1. The highest BCUT2D eigenvalue weighted by molar-refractivity contribution is 5.08. The number of nitrogens with zero attached hydrogens (tertiary/aromatic N) is 1. The van der Waals surface area contributed by atoms with E-state index in [1.807, 2.05) is 18.5 Å². The van der Waals surface area contributed by atoms with Crippen LogP contribution in [0.1, 0.15) is 12.0 Å². The van der Waals surface area contributed by atoms with E-state index in [1.165, 1.54) is 5.56 Å². The van der Waals surface area contributed by atoms with E-state index in [2.05, 4.69) is 16.4 Å². The van der Waals surface area contributed by atoms with Crippen LogP contribution in [0.15, 0.2) is 24.5 Å². The third-order valence-corrected chi connectivity index (χ3v) is 2.50. The van der Waals surface area contributed by atoms with Gasteiger partial charge in [-0.2, -0.15) is 0 Å². The van der Waals surface area contributed by atoms with Gasteiger partial charge >= 0.3 is 0 Å². The number of rotatable bonds is 3. The van der Waals surface area contributed by atoms with Crippen LogP contribution in [-0.4, -0.2) is 30.8 Å². The van der Waals surface area contributed by atoms with Gasteiger partial charge in [0.2, 0.25) is 0 Å². The van der Waals surface area contributed by atoms with E-state index in [-0.39, 0.29) is 0 Å². The molecule has 1 atom stereocenters. The highest BCUT2D eigenvalue weighted by atomic mass is 16.5. The van der Waals surface area contributed by atoms with E-state index in [9.17, 15) is 0 Å². The molecule has 76 valence electrons. The van der Waals surface area contributed by atoms with E-state index in [1.54, 1.807) is 0 Å². The Bertz CT molecular complexity index is 257. The Morgan fingerprint density at radius 3 is 3.29 bits per heavy atom. The normalized spacial score (nSPS) is 22.1. The Hall–Kier alpha value is -0.930. The highest BCUT2D eigenvalue weighted by Gasteiger charge is 2.12. The molecule has 0 radical (unpaired) electrons. The van der Waals surface area contributed by atoms with Crippen molar-refractivity contribution < 1.29 is 4.74 Å². The van der Waals surface area contributed by atoms with Gasteiger partial charge in [0.15, 0.2) is 0 Å². The molecule has 1 aliphatic rings. The summed E-state index contributed by atoms with van der Waals surface area (Å²) >= 11 is 0. The van der Waals surface area contributed by atoms with Crippen LogP contribution in [0.4, 0.5) is 0 Å². The molecule has 1 aliphatic heterocycles. The molecule has 0 aliphatic carbocycles. The second kappa shape index (κ2) is 5.08. The van der Waals surface area contributed by atoms with Crippen molar-refractivity contribution in [2.75, 3.05) is 19.8 Å². The van der Waals surface area contributed by atoms with Crippen LogP contribution in [-0.2, 0) is 11.2 Å². The van der Waals surface area contributed by atoms with E-state index >= 15 is 0 Å². The maximum Gasteiger partial charge on any atom is 0.0620 e. The first-order valence-electron chi connectivity index (χ1n) is 5.15. The standard InChI is InChI=1S/C11H16N2O/c1-2-10(8-12-5-1)3-4-11-9-14-7-6-13-11/h1-2,5,8,11,13H,3-4,6-7,9H2. The fourth-order valence-electron chi connectivity index (χ4n) is 1.69. The molecule has 0 saturated carbocycles. The molecule has 1 aromatic heterocycles. The van der Waals surface area contributed by atoms with Crippen LogP contribution >= 0.6 is 0 Å². The van der Waals surface area contributed by atoms with Crippen LogP contribution in [0.5, 0.6) is 0 Å². The first-order valence-corrected chi connectivity index (χ1v) is 5.15. The van der Waals surface area contributed by atoms with Gasteiger partial charge in [0.05, 0.1) is 13.2 Å². The fourth-order valence-corrected chi connectivity index (χ4v) is 1.69. The maximum atomic E-state index is 5.39. The quantitative estimate of drug-likeness (QED) is 0.776. The molecule has 1 aromatic rings. The van der Waals surface area contributed by atoms with E-state index in [4.69, 9.17) is 4.74 Å². The third kappa shape index (κ3) is 2.79. The molecule has 1 N–H and O–H groups in total. The Labute approximate surface area is 84.5 Å². The molecule has 1 saturated heterocycles. The molecule has 2 heterocycles. The minimum atomic E-state index is 0.518. The second-order valence-electron chi connectivity index (χ2n) is 3.63. The molecule has 0 amide bonds. The average molecular weight is 192 g/mol. The van der Waals surface area contributed by atoms with Crippen LogP contribution in [0.25, 0.3) is 0 Å². The number of hydrogen-bond acceptors (Lipinski definition) is 3. The van der Waals surface area contributed by atoms with Crippen LogP contribution in [0.2, 0.25) is 0 Å². The summed E-state index contributed by atoms with van der Waals surface area (Å²) in [4.78, 5) is 4.10. The van der Waals surface area contributed by atoms with E-state index < -0.39 is 0 Å². The zero-order valence-corrected chi connectivity index (χ0v) is 8.28. The van der Waals surface area contributed by atoms with Gasteiger partial charge in [-0.1, -0.05) is 6.07 Å². The molecular formula is C11H16N2O. The number of nitrogens with one attached hydrogen (secondary N) is 1. The summed E-state index contributed by atoms with van der Waals surface area (Å²) in [5.41, 5.74) is 1.31. The number of ether oxygens (including phenoxy) is 1. The predicted molar refractivity (Wildman–Crippen MR) is 55.2 cm³/mol. The van der Waals surface area contributed by atoms with E-state index in [0.717, 1.165) is 32.6 Å². The maximum absolute atomic E-state index is 5.39. The molecule has 1 fully saturated rings. The van der Waals surface area contributed by atoms with Gasteiger partial charge in [0.25, 0.3) is 0 Å². The minimum Gasteiger partial charge on any atom is -0.379 e. The van der Waals surface area contributed by atoms with Gasteiger partial charge in [0, 0.05) is 25.0 Å². The van der Waals surface area contributed by atoms with Crippen molar-refractivity contribution in [3.8, 4) is 0 Å². The summed E-state index contributed by atoms with van der Waals surface area (Å²) in [6.45, 7) is 2.68. The Morgan fingerprint density at radius 1 is 1.57 bits per heavy atom. The first-order chi connectivity index (χ1) is 6.95. The minimum absolute atomic E-state index is 0.518. The third-order valence-electron chi connectivity index (χ3n) is 2.50. The van der Waals surface area contributed by atoms with Gasteiger partial charge in [-0.25, -0.2) is 0 Å². The lowest BCUT2D eigenvalue weighted by Gasteiger charge is -2.23. The molecule has 0 bridgehead atoms. The number of aromatic nitrogens is 1. The van der Waals surface area contributed by atoms with Crippen molar-refractivity contribution in [3.63, 3.8) is 0 Å². The monoisotopic (exact) mass is 192 g/mol. The van der Waals surface area contributed by atoms with Crippen molar-refractivity contribution in [3.05, 3.63) is 30.1 Å². The van der Waals surface area contributed by atoms with Gasteiger partial charge in [-0.15, -0.1) is 0 Å². The van der Waals surface area contributed by atoms with Gasteiger partial charge in [-0.05, 0) is 24.5 Å². The van der Waals surface area contributed by atoms with Crippen LogP contribution in [0, 0.1) is 0 Å². The average Bonchev–Trinajstić information content (AvgIpc) is 2.29. The van der Waals surface area contributed by atoms with Gasteiger partial charge < -0.3 is 10.1 Å². The Morgan fingerprint density at radius 2 is 2.57 bits per heavy atom. The topological polar surface area (TPSA) is 34.1 Å². The fraction of sp³-hybridized carbons (Fsp3) is 0.545. The van der Waals surface area contributed by atoms with E-state index in [0.29, 0.717) is 6.04 Å². The summed E-state index contributed by atoms with van der Waals surface area (Å²) in [5.74, 6) is 0. The summed E-state index contributed by atoms with van der Waals surface area (Å²) in [6, 6.07) is 4.63. The van der Waals surface area contributed by atoms with Crippen LogP contribution in [0.3, 0.4) is 0 Å². The molecular weight excluding hydrogens is 176 g/mol. The predicted octanol–water partition coefficient (Wildman–Crippen LogP) is 1.00. The molecule has 0 spiro atoms. The highest BCUT2D eigenvalue weighted by Crippen LogP contribution is 2.05. The second-order valence-corrected chi connectivity index (χ2v) is 3.63. The molecule has 3 heteroatoms. The number of morpholine rings is 1. The number of pyridine rings is 1. The smallest absolute Gasteiger partial charge is 0.0620 e. The Balaban J connectivity index is 1.76. The molecule has 1 unspecified atom stereocenters. The largest absolute Gasteiger partial charge is 0.379 e. The van der Waals surface area contributed by atoms with Gasteiger partial charge in [0.1, 0.15) is 0 Å². The van der Waals surface area contributed by atoms with Crippen LogP contribution < -0.4 is 5.32 Å². The van der Waals surface area contributed by atoms with Crippen molar-refractivity contribution in [2.45, 2.75) is 18.9 Å². The zero-order valence-electron chi connectivity index (χ0n) is 8.28. The molecule has 2 rings (SSSR count). The SMILES string of the molecule is c1cncc(CCC2COCCN2)c1. The zero-order chi connectivity index (χ0) is 9.64. The molecule has 3 nitrogen and oxygen atoms in total. The summed E-state index contributed by atoms with van der Waals surface area (Å²) < 4.78 is 5.39. The molecule has 0 aromatic carbocycles. The lowest BCUT2D eigenvalue weighted by molar-refractivity contribution is 0.0743. The summed E-state index contributed by atoms with van der Waals surface area (Å²) in [5, 5.41) is 3.44. The van der Waals surface area contributed by atoms with Gasteiger partial charge in [-0.3, -0.25) is 4.98 Å². The summed E-state index contributed by atoms with van der Waals surface area (Å²) in [7, 11) is 0. The first kappa shape index (κ1) is 9.62. The Kier molecular flexibility index (Phi) is 3.49. The number of aryl methyl sites for hydroxylation is 1. The summed E-state index contributed by atoms with van der Waals surface area (Å²) in [6.07, 6.45) is 5.95.